The minimum Gasteiger partial charge on any atom is -0.492 e. The molecule has 1 aromatic heterocycles. The molecule has 1 spiro atoms. The molecule has 6 heteroatoms. The molecule has 1 amide bonds. The van der Waals surface area contributed by atoms with E-state index in [1.54, 1.807) is 6.20 Å². The maximum absolute atomic E-state index is 13.7. The third-order valence-corrected chi connectivity index (χ3v) is 8.95. The lowest BCUT2D eigenvalue weighted by Crippen LogP contribution is -2.42. The van der Waals surface area contributed by atoms with Crippen LogP contribution in [0.4, 0.5) is 17.2 Å². The van der Waals surface area contributed by atoms with Crippen LogP contribution >= 0.6 is 0 Å². The minimum atomic E-state index is 0.0632. The maximum atomic E-state index is 13.7. The third kappa shape index (κ3) is 4.33. The molecule has 0 radical (unpaired) electrons. The first-order valence-electron chi connectivity index (χ1n) is 14.2. The predicted molar refractivity (Wildman–Crippen MR) is 160 cm³/mol. The van der Waals surface area contributed by atoms with E-state index in [-0.39, 0.29) is 11.3 Å². The number of carbonyl (C=O) groups is 1. The van der Waals surface area contributed by atoms with Gasteiger partial charge >= 0.3 is 0 Å². The predicted octanol–water partition coefficient (Wildman–Crippen LogP) is 6.36. The summed E-state index contributed by atoms with van der Waals surface area (Å²) in [6, 6.07) is 24.6. The van der Waals surface area contributed by atoms with Gasteiger partial charge in [-0.05, 0) is 117 Å². The van der Waals surface area contributed by atoms with Crippen LogP contribution in [0.2, 0.25) is 0 Å². The minimum absolute atomic E-state index is 0.0632. The van der Waals surface area contributed by atoms with Crippen LogP contribution in [0.1, 0.15) is 39.9 Å². The van der Waals surface area contributed by atoms with Gasteiger partial charge in [0, 0.05) is 40.7 Å². The van der Waals surface area contributed by atoms with E-state index in [1.807, 2.05) is 35.2 Å². The number of nitrogens with zero attached hydrogens (tertiary/aromatic N) is 3. The Morgan fingerprint density at radius 1 is 0.975 bits per heavy atom. The van der Waals surface area contributed by atoms with Crippen molar-refractivity contribution >= 4 is 23.1 Å². The molecule has 40 heavy (non-hydrogen) atoms. The third-order valence-electron chi connectivity index (χ3n) is 8.95. The Hall–Kier alpha value is -4.16. The Labute approximate surface area is 235 Å². The van der Waals surface area contributed by atoms with Crippen LogP contribution in [0.25, 0.3) is 11.1 Å². The summed E-state index contributed by atoms with van der Waals surface area (Å²) < 4.78 is 6.21. The lowest BCUT2D eigenvalue weighted by Gasteiger charge is -2.37. The average molecular weight is 531 g/mol. The number of benzene rings is 3. The van der Waals surface area contributed by atoms with E-state index >= 15 is 0 Å². The molecule has 4 heterocycles. The number of hydrogen-bond acceptors (Lipinski definition) is 5. The molecule has 3 aromatic carbocycles. The molecule has 7 rings (SSSR count). The topological polar surface area (TPSA) is 57.7 Å². The number of anilines is 3. The highest BCUT2D eigenvalue weighted by Crippen LogP contribution is 2.49. The molecule has 1 saturated heterocycles. The number of amides is 1. The zero-order chi connectivity index (χ0) is 27.3. The second-order valence-electron chi connectivity index (χ2n) is 11.5. The number of nitrogens with one attached hydrogen (secondary N) is 1. The molecular weight excluding hydrogens is 496 g/mol. The van der Waals surface area contributed by atoms with Crippen LogP contribution in [-0.2, 0) is 11.8 Å². The molecule has 0 atom stereocenters. The van der Waals surface area contributed by atoms with E-state index < -0.39 is 0 Å². The van der Waals surface area contributed by atoms with Crippen molar-refractivity contribution < 1.29 is 9.53 Å². The Morgan fingerprint density at radius 2 is 1.80 bits per heavy atom. The molecule has 202 valence electrons. The molecule has 0 bridgehead atoms. The summed E-state index contributed by atoms with van der Waals surface area (Å²) in [5, 5.41) is 3.35. The van der Waals surface area contributed by atoms with E-state index in [0.717, 1.165) is 78.6 Å². The highest BCUT2D eigenvalue weighted by molar-refractivity contribution is 6.07. The van der Waals surface area contributed by atoms with Crippen molar-refractivity contribution in [3.63, 3.8) is 0 Å². The van der Waals surface area contributed by atoms with Crippen molar-refractivity contribution in [1.29, 1.82) is 0 Å². The number of likely N-dealkylation sites (tertiary alicyclic amines) is 1. The molecular formula is C34H34N4O2. The lowest BCUT2D eigenvalue weighted by molar-refractivity contribution is 0.0989. The van der Waals surface area contributed by atoms with Gasteiger partial charge < -0.3 is 19.9 Å². The number of aryl methyl sites for hydroxylation is 1. The normalized spacial score (nSPS) is 17.4. The highest BCUT2D eigenvalue weighted by atomic mass is 16.5. The smallest absolute Gasteiger partial charge is 0.258 e. The first-order chi connectivity index (χ1) is 19.5. The van der Waals surface area contributed by atoms with Gasteiger partial charge in [0.05, 0.1) is 6.61 Å². The van der Waals surface area contributed by atoms with Crippen molar-refractivity contribution in [1.82, 2.24) is 9.88 Å². The number of fused-ring (bicyclic) bond motifs is 3. The average Bonchev–Trinajstić information content (AvgIpc) is 3.55. The largest absolute Gasteiger partial charge is 0.492 e. The monoisotopic (exact) mass is 530 g/mol. The number of carbonyl (C=O) groups excluding carboxylic acids is 1. The number of aromatic nitrogens is 1. The SMILES string of the molecule is Cc1cc(Nc2ccccn2)ccc1-c1ccc(C(=O)N2CCc3cc4c(cc32)C2(CCN(C)CC2)CO4)cc1. The summed E-state index contributed by atoms with van der Waals surface area (Å²) in [6.07, 6.45) is 4.85. The van der Waals surface area contributed by atoms with Crippen molar-refractivity contribution in [2.45, 2.75) is 31.6 Å². The Balaban J connectivity index is 1.11. The quantitative estimate of drug-likeness (QED) is 0.333. The molecule has 0 unspecified atom stereocenters. The number of piperidine rings is 1. The summed E-state index contributed by atoms with van der Waals surface area (Å²) in [7, 11) is 2.19. The van der Waals surface area contributed by atoms with Crippen molar-refractivity contribution in [2.24, 2.45) is 0 Å². The Morgan fingerprint density at radius 3 is 2.55 bits per heavy atom. The fraction of sp³-hybridized carbons (Fsp3) is 0.294. The maximum Gasteiger partial charge on any atom is 0.258 e. The van der Waals surface area contributed by atoms with Crippen molar-refractivity contribution in [3.8, 4) is 16.9 Å². The first-order valence-corrected chi connectivity index (χ1v) is 14.2. The van der Waals surface area contributed by atoms with E-state index in [9.17, 15) is 4.79 Å². The molecule has 3 aliphatic rings. The van der Waals surface area contributed by atoms with Crippen LogP contribution < -0.4 is 15.0 Å². The summed E-state index contributed by atoms with van der Waals surface area (Å²) in [5.41, 5.74) is 8.77. The van der Waals surface area contributed by atoms with E-state index in [2.05, 4.69) is 71.6 Å². The number of ether oxygens (including phenoxy) is 1. The van der Waals surface area contributed by atoms with Gasteiger partial charge in [0.1, 0.15) is 11.6 Å². The number of pyridine rings is 1. The molecule has 1 fully saturated rings. The molecule has 3 aliphatic heterocycles. The standard InChI is InChI=1S/C34H34N4O2/c1-23-19-27(36-32-5-3-4-15-35-32)10-11-28(23)24-6-8-25(9-7-24)33(39)38-16-12-26-20-31-29(21-30(26)38)34(22-40-31)13-17-37(2)18-14-34/h3-11,15,19-21H,12-14,16-18,22H2,1-2H3,(H,35,36). The molecule has 0 saturated carbocycles. The van der Waals surface area contributed by atoms with E-state index in [4.69, 9.17) is 4.74 Å². The molecule has 6 nitrogen and oxygen atoms in total. The van der Waals surface area contributed by atoms with Crippen LogP contribution in [0, 0.1) is 6.92 Å². The van der Waals surface area contributed by atoms with E-state index in [1.165, 1.54) is 11.1 Å². The molecule has 0 aliphatic carbocycles. The highest BCUT2D eigenvalue weighted by Gasteiger charge is 2.44. The summed E-state index contributed by atoms with van der Waals surface area (Å²) >= 11 is 0. The fourth-order valence-electron chi connectivity index (χ4n) is 6.51. The van der Waals surface area contributed by atoms with Crippen LogP contribution in [0.15, 0.2) is 79.0 Å². The fourth-order valence-corrected chi connectivity index (χ4v) is 6.51. The van der Waals surface area contributed by atoms with Gasteiger partial charge in [0.25, 0.3) is 5.91 Å². The van der Waals surface area contributed by atoms with E-state index in [0.29, 0.717) is 12.1 Å². The summed E-state index contributed by atoms with van der Waals surface area (Å²) in [5.74, 6) is 1.91. The second kappa shape index (κ2) is 9.79. The molecule has 1 N–H and O–H groups in total. The van der Waals surface area contributed by atoms with Crippen LogP contribution in [-0.4, -0.2) is 49.1 Å². The van der Waals surface area contributed by atoms with Crippen LogP contribution in [0.3, 0.4) is 0 Å². The number of hydrogen-bond donors (Lipinski definition) is 1. The van der Waals surface area contributed by atoms with Gasteiger partial charge in [-0.25, -0.2) is 4.98 Å². The second-order valence-corrected chi connectivity index (χ2v) is 11.5. The van der Waals surface area contributed by atoms with Crippen molar-refractivity contribution in [3.05, 3.63) is 101 Å². The number of rotatable bonds is 4. The zero-order valence-corrected chi connectivity index (χ0v) is 23.1. The first kappa shape index (κ1) is 24.9. The summed E-state index contributed by atoms with van der Waals surface area (Å²) in [6.45, 7) is 5.74. The van der Waals surface area contributed by atoms with Crippen LogP contribution in [0.5, 0.6) is 5.75 Å². The van der Waals surface area contributed by atoms with Gasteiger partial charge in [-0.1, -0.05) is 24.3 Å². The summed E-state index contributed by atoms with van der Waals surface area (Å²) in [4.78, 5) is 22.4. The van der Waals surface area contributed by atoms with Crippen molar-refractivity contribution in [2.75, 3.05) is 43.5 Å². The van der Waals surface area contributed by atoms with Gasteiger partial charge in [-0.15, -0.1) is 0 Å². The van der Waals surface area contributed by atoms with Gasteiger partial charge in [0.15, 0.2) is 0 Å². The zero-order valence-electron chi connectivity index (χ0n) is 23.1. The van der Waals surface area contributed by atoms with Gasteiger partial charge in [-0.2, -0.15) is 0 Å². The Kier molecular flexibility index (Phi) is 6.08. The van der Waals surface area contributed by atoms with Gasteiger partial charge in [-0.3, -0.25) is 4.79 Å². The molecule has 4 aromatic rings. The Bertz CT molecular complexity index is 1570. The van der Waals surface area contributed by atoms with Gasteiger partial charge in [0.2, 0.25) is 0 Å². The lowest BCUT2D eigenvalue weighted by atomic mass is 9.74.